The number of carbonyl (C=O) groups is 2. The van der Waals surface area contributed by atoms with Crippen LogP contribution < -0.4 is 0 Å². The zero-order valence-corrected chi connectivity index (χ0v) is 12.7. The van der Waals surface area contributed by atoms with Gasteiger partial charge in [-0.05, 0) is 6.42 Å². The average Bonchev–Trinajstić information content (AvgIpc) is 2.63. The van der Waals surface area contributed by atoms with Gasteiger partial charge in [0.15, 0.2) is 9.84 Å². The topological polar surface area (TPSA) is 98.2 Å². The van der Waals surface area contributed by atoms with Crippen LogP contribution in [0.25, 0.3) is 0 Å². The first-order valence-electron chi connectivity index (χ1n) is 7.06. The van der Waals surface area contributed by atoms with Gasteiger partial charge in [-0.3, -0.25) is 9.69 Å². The number of hydrogen-bond donors (Lipinski definition) is 1. The highest BCUT2D eigenvalue weighted by molar-refractivity contribution is 7.91. The first-order chi connectivity index (χ1) is 9.87. The number of aliphatic carboxylic acids is 1. The second-order valence-corrected chi connectivity index (χ2v) is 7.74. The first kappa shape index (κ1) is 16.0. The van der Waals surface area contributed by atoms with Crippen LogP contribution in [0.4, 0.5) is 4.79 Å². The minimum absolute atomic E-state index is 0.00993. The molecule has 2 amide bonds. The van der Waals surface area contributed by atoms with Crippen LogP contribution in [-0.2, 0) is 14.6 Å². The summed E-state index contributed by atoms with van der Waals surface area (Å²) in [6.45, 7) is 2.74. The third-order valence-corrected chi connectivity index (χ3v) is 5.44. The van der Waals surface area contributed by atoms with E-state index in [1.807, 2.05) is 4.90 Å². The van der Waals surface area contributed by atoms with Crippen LogP contribution >= 0.6 is 0 Å². The van der Waals surface area contributed by atoms with Crippen LogP contribution in [-0.4, -0.2) is 97.5 Å². The molecule has 8 nitrogen and oxygen atoms in total. The lowest BCUT2D eigenvalue weighted by molar-refractivity contribution is -0.138. The Bertz CT molecular complexity index is 493. The van der Waals surface area contributed by atoms with Gasteiger partial charge in [0.1, 0.15) is 0 Å². The Labute approximate surface area is 124 Å². The largest absolute Gasteiger partial charge is 0.480 e. The second-order valence-electron chi connectivity index (χ2n) is 5.43. The molecule has 0 bridgehead atoms. The molecule has 0 aliphatic carbocycles. The Morgan fingerprint density at radius 1 is 0.905 bits per heavy atom. The number of carbonyl (C=O) groups excluding carboxylic acids is 1. The van der Waals surface area contributed by atoms with Crippen molar-refractivity contribution in [2.45, 2.75) is 6.42 Å². The van der Waals surface area contributed by atoms with Crippen LogP contribution in [0.5, 0.6) is 0 Å². The summed E-state index contributed by atoms with van der Waals surface area (Å²) in [5.41, 5.74) is 0. The minimum atomic E-state index is -3.00. The van der Waals surface area contributed by atoms with Gasteiger partial charge in [0.25, 0.3) is 0 Å². The molecule has 120 valence electrons. The molecule has 2 heterocycles. The van der Waals surface area contributed by atoms with Gasteiger partial charge in [0.05, 0.1) is 18.1 Å². The number of hydrogen-bond acceptors (Lipinski definition) is 5. The summed E-state index contributed by atoms with van der Waals surface area (Å²) in [6.07, 6.45) is 0.727. The summed E-state index contributed by atoms with van der Waals surface area (Å²) < 4.78 is 22.8. The van der Waals surface area contributed by atoms with Gasteiger partial charge in [-0.2, -0.15) is 0 Å². The maximum atomic E-state index is 12.4. The molecule has 0 spiro atoms. The lowest BCUT2D eigenvalue weighted by Gasteiger charge is -2.32. The van der Waals surface area contributed by atoms with E-state index in [-0.39, 0.29) is 37.2 Å². The van der Waals surface area contributed by atoms with Crippen LogP contribution in [0.1, 0.15) is 6.42 Å². The Morgan fingerprint density at radius 3 is 2.14 bits per heavy atom. The smallest absolute Gasteiger partial charge is 0.320 e. The van der Waals surface area contributed by atoms with Crippen molar-refractivity contribution in [1.29, 1.82) is 0 Å². The quantitative estimate of drug-likeness (QED) is 0.696. The van der Waals surface area contributed by atoms with E-state index in [0.29, 0.717) is 26.2 Å². The molecule has 0 atom stereocenters. The van der Waals surface area contributed by atoms with Gasteiger partial charge in [-0.25, -0.2) is 13.2 Å². The molecule has 2 saturated heterocycles. The number of nitrogens with zero attached hydrogens (tertiary/aromatic N) is 3. The van der Waals surface area contributed by atoms with Gasteiger partial charge < -0.3 is 14.9 Å². The predicted octanol–water partition coefficient (Wildman–Crippen LogP) is -1.07. The number of urea groups is 1. The van der Waals surface area contributed by atoms with E-state index in [0.717, 1.165) is 6.42 Å². The van der Waals surface area contributed by atoms with E-state index in [1.165, 1.54) is 0 Å². The van der Waals surface area contributed by atoms with Crippen LogP contribution in [0, 0.1) is 0 Å². The summed E-state index contributed by atoms with van der Waals surface area (Å²) in [7, 11) is -3.00. The van der Waals surface area contributed by atoms with Crippen molar-refractivity contribution in [3.8, 4) is 0 Å². The third kappa shape index (κ3) is 4.57. The fourth-order valence-electron chi connectivity index (χ4n) is 2.62. The molecule has 0 aromatic carbocycles. The average molecular weight is 319 g/mol. The predicted molar refractivity (Wildman–Crippen MR) is 75.9 cm³/mol. The Hall–Kier alpha value is -1.35. The molecule has 2 rings (SSSR count). The third-order valence-electron chi connectivity index (χ3n) is 3.83. The van der Waals surface area contributed by atoms with E-state index in [1.54, 1.807) is 9.80 Å². The van der Waals surface area contributed by atoms with Crippen molar-refractivity contribution in [3.05, 3.63) is 0 Å². The molecule has 0 aromatic rings. The van der Waals surface area contributed by atoms with Crippen molar-refractivity contribution in [2.75, 3.05) is 57.3 Å². The molecular formula is C12H21N3O5S. The second kappa shape index (κ2) is 6.61. The molecule has 0 radical (unpaired) electrons. The summed E-state index contributed by atoms with van der Waals surface area (Å²) in [4.78, 5) is 28.2. The van der Waals surface area contributed by atoms with Gasteiger partial charge in [0, 0.05) is 39.3 Å². The molecule has 1 N–H and O–H groups in total. The molecule has 0 unspecified atom stereocenters. The van der Waals surface area contributed by atoms with Crippen molar-refractivity contribution in [1.82, 2.24) is 14.7 Å². The zero-order valence-electron chi connectivity index (χ0n) is 11.9. The monoisotopic (exact) mass is 319 g/mol. The van der Waals surface area contributed by atoms with E-state index in [9.17, 15) is 18.0 Å². The Kier molecular flexibility index (Phi) is 5.04. The number of carboxylic acid groups (broad SMARTS) is 1. The van der Waals surface area contributed by atoms with Crippen molar-refractivity contribution in [3.63, 3.8) is 0 Å². The van der Waals surface area contributed by atoms with Gasteiger partial charge in [0.2, 0.25) is 0 Å². The molecule has 2 aliphatic rings. The number of carboxylic acids is 1. The fraction of sp³-hybridized carbons (Fsp3) is 0.833. The zero-order chi connectivity index (χ0) is 15.5. The van der Waals surface area contributed by atoms with Gasteiger partial charge in [-0.1, -0.05) is 0 Å². The maximum absolute atomic E-state index is 12.4. The van der Waals surface area contributed by atoms with Crippen LogP contribution in [0.2, 0.25) is 0 Å². The van der Waals surface area contributed by atoms with Crippen LogP contribution in [0.15, 0.2) is 0 Å². The summed E-state index contributed by atoms with van der Waals surface area (Å²) in [5.74, 6) is -0.814. The molecule has 2 aliphatic heterocycles. The molecular weight excluding hydrogens is 298 g/mol. The highest BCUT2D eigenvalue weighted by Gasteiger charge is 2.29. The normalized spacial score (nSPS) is 23.6. The summed E-state index contributed by atoms with van der Waals surface area (Å²) in [6, 6.07) is -0.137. The number of amides is 2. The molecule has 0 saturated carbocycles. The highest BCUT2D eigenvalue weighted by Crippen LogP contribution is 2.10. The number of sulfone groups is 1. The Balaban J connectivity index is 1.87. The van der Waals surface area contributed by atoms with Crippen molar-refractivity contribution >= 4 is 21.8 Å². The SMILES string of the molecule is O=C(O)CN1CCCN(C(=O)N2CCS(=O)(=O)CC2)CC1. The maximum Gasteiger partial charge on any atom is 0.320 e. The minimum Gasteiger partial charge on any atom is -0.480 e. The molecule has 9 heteroatoms. The fourth-order valence-corrected chi connectivity index (χ4v) is 3.82. The standard InChI is InChI=1S/C12H21N3O5S/c16-11(17)10-13-2-1-3-14(5-4-13)12(18)15-6-8-21(19,20)9-7-15/h1-10H2,(H,16,17). The van der Waals surface area contributed by atoms with Crippen LogP contribution in [0.3, 0.4) is 0 Å². The first-order valence-corrected chi connectivity index (χ1v) is 8.88. The Morgan fingerprint density at radius 2 is 1.52 bits per heavy atom. The summed E-state index contributed by atoms with van der Waals surface area (Å²) >= 11 is 0. The van der Waals surface area contributed by atoms with E-state index < -0.39 is 15.8 Å². The van der Waals surface area contributed by atoms with Crippen molar-refractivity contribution in [2.24, 2.45) is 0 Å². The van der Waals surface area contributed by atoms with Crippen molar-refractivity contribution < 1.29 is 23.1 Å². The van der Waals surface area contributed by atoms with Gasteiger partial charge in [-0.15, -0.1) is 0 Å². The van der Waals surface area contributed by atoms with E-state index in [2.05, 4.69) is 0 Å². The lowest BCUT2D eigenvalue weighted by Crippen LogP contribution is -2.50. The molecule has 21 heavy (non-hydrogen) atoms. The summed E-state index contributed by atoms with van der Waals surface area (Å²) in [5, 5.41) is 8.80. The van der Waals surface area contributed by atoms with Gasteiger partial charge >= 0.3 is 12.0 Å². The number of rotatable bonds is 2. The lowest BCUT2D eigenvalue weighted by atomic mass is 10.4. The van der Waals surface area contributed by atoms with E-state index in [4.69, 9.17) is 5.11 Å². The van der Waals surface area contributed by atoms with E-state index >= 15 is 0 Å². The molecule has 0 aromatic heterocycles. The molecule has 2 fully saturated rings. The highest BCUT2D eigenvalue weighted by atomic mass is 32.2.